The summed E-state index contributed by atoms with van der Waals surface area (Å²) in [6, 6.07) is 4.62. The average molecular weight is 373 g/mol. The van der Waals surface area contributed by atoms with Crippen LogP contribution in [0.3, 0.4) is 0 Å². The van der Waals surface area contributed by atoms with Crippen molar-refractivity contribution in [3.8, 4) is 0 Å². The van der Waals surface area contributed by atoms with Crippen molar-refractivity contribution in [2.24, 2.45) is 11.8 Å². The van der Waals surface area contributed by atoms with Crippen LogP contribution in [0.1, 0.15) is 44.5 Å². The molecule has 0 saturated carbocycles. The van der Waals surface area contributed by atoms with Gasteiger partial charge in [0.25, 0.3) is 0 Å². The third kappa shape index (κ3) is 5.38. The van der Waals surface area contributed by atoms with E-state index in [0.717, 1.165) is 38.9 Å². The molecule has 3 rings (SSSR count). The van der Waals surface area contributed by atoms with Gasteiger partial charge in [0.1, 0.15) is 5.82 Å². The van der Waals surface area contributed by atoms with Crippen LogP contribution < -0.4 is 0 Å². The summed E-state index contributed by atoms with van der Waals surface area (Å²) < 4.78 is 36.6. The lowest BCUT2D eigenvalue weighted by atomic mass is 10.0. The first-order chi connectivity index (χ1) is 12.2. The highest BCUT2D eigenvalue weighted by Gasteiger charge is 2.27. The van der Waals surface area contributed by atoms with Crippen molar-refractivity contribution in [1.82, 2.24) is 0 Å². The van der Waals surface area contributed by atoms with Gasteiger partial charge in [-0.3, -0.25) is 0 Å². The summed E-state index contributed by atoms with van der Waals surface area (Å²) in [7, 11) is 0. The molecule has 2 heterocycles. The second-order valence-corrected chi connectivity index (χ2v) is 7.27. The van der Waals surface area contributed by atoms with E-state index in [1.54, 1.807) is 6.07 Å². The minimum absolute atomic E-state index is 0.103. The molecule has 140 valence electrons. The summed E-state index contributed by atoms with van der Waals surface area (Å²) in [5.74, 6) is 0.374. The Labute approximate surface area is 153 Å². The molecular weight excluding hydrogens is 347 g/mol. The lowest BCUT2D eigenvalue weighted by Crippen LogP contribution is -2.33. The number of hydrogen-bond acceptors (Lipinski definition) is 4. The molecule has 0 aliphatic carbocycles. The van der Waals surface area contributed by atoms with Gasteiger partial charge < -0.3 is 18.9 Å². The Bertz CT molecular complexity index is 540. The van der Waals surface area contributed by atoms with Crippen molar-refractivity contribution < 1.29 is 23.3 Å². The highest BCUT2D eigenvalue weighted by atomic mass is 35.5. The third-order valence-corrected chi connectivity index (χ3v) is 5.03. The van der Waals surface area contributed by atoms with Crippen LogP contribution in [0.2, 0.25) is 5.02 Å². The van der Waals surface area contributed by atoms with Crippen molar-refractivity contribution in [1.29, 1.82) is 0 Å². The summed E-state index contributed by atoms with van der Waals surface area (Å²) >= 11 is 5.70. The van der Waals surface area contributed by atoms with E-state index in [1.807, 2.05) is 0 Å². The summed E-state index contributed by atoms with van der Waals surface area (Å²) in [6.07, 6.45) is 3.44. The molecule has 1 aromatic carbocycles. The highest BCUT2D eigenvalue weighted by Crippen LogP contribution is 2.29. The third-order valence-electron chi connectivity index (χ3n) is 4.73. The fraction of sp³-hybridized carbons (Fsp3) is 0.684. The molecule has 0 radical (unpaired) electrons. The van der Waals surface area contributed by atoms with E-state index in [9.17, 15) is 4.39 Å². The zero-order valence-corrected chi connectivity index (χ0v) is 15.3. The topological polar surface area (TPSA) is 36.9 Å². The predicted molar refractivity (Wildman–Crippen MR) is 92.9 cm³/mol. The molecule has 4 nitrogen and oxygen atoms in total. The van der Waals surface area contributed by atoms with Crippen LogP contribution in [-0.2, 0) is 18.9 Å². The van der Waals surface area contributed by atoms with Gasteiger partial charge in [-0.05, 0) is 31.4 Å². The van der Waals surface area contributed by atoms with Gasteiger partial charge in [0.15, 0.2) is 12.6 Å². The summed E-state index contributed by atoms with van der Waals surface area (Å²) in [5.41, 5.74) is 0.654. The van der Waals surface area contributed by atoms with Gasteiger partial charge in [0.05, 0.1) is 31.5 Å². The zero-order chi connectivity index (χ0) is 17.6. The molecule has 0 spiro atoms. The minimum atomic E-state index is -0.528. The first-order valence-electron chi connectivity index (χ1n) is 9.07. The van der Waals surface area contributed by atoms with Crippen molar-refractivity contribution in [2.45, 2.75) is 45.2 Å². The molecule has 6 heteroatoms. The molecule has 0 bridgehead atoms. The highest BCUT2D eigenvalue weighted by molar-refractivity contribution is 6.30. The van der Waals surface area contributed by atoms with Gasteiger partial charge in [-0.1, -0.05) is 31.0 Å². The lowest BCUT2D eigenvalue weighted by Gasteiger charge is -2.32. The smallest absolute Gasteiger partial charge is 0.183 e. The maximum atomic E-state index is 13.5. The summed E-state index contributed by atoms with van der Waals surface area (Å²) in [5, 5.41) is 0.103. The maximum absolute atomic E-state index is 13.5. The minimum Gasteiger partial charge on any atom is -0.352 e. The van der Waals surface area contributed by atoms with E-state index < -0.39 is 12.1 Å². The van der Waals surface area contributed by atoms with E-state index >= 15 is 0 Å². The van der Waals surface area contributed by atoms with Crippen LogP contribution in [0.25, 0.3) is 0 Å². The van der Waals surface area contributed by atoms with Gasteiger partial charge in [0.2, 0.25) is 0 Å². The summed E-state index contributed by atoms with van der Waals surface area (Å²) in [6.45, 7) is 4.93. The van der Waals surface area contributed by atoms with Gasteiger partial charge in [0, 0.05) is 17.4 Å². The predicted octanol–water partition coefficient (Wildman–Crippen LogP) is 4.71. The molecule has 0 atom stereocenters. The van der Waals surface area contributed by atoms with Gasteiger partial charge in [-0.15, -0.1) is 0 Å². The number of rotatable bonds is 6. The zero-order valence-electron chi connectivity index (χ0n) is 14.6. The summed E-state index contributed by atoms with van der Waals surface area (Å²) in [4.78, 5) is 0. The largest absolute Gasteiger partial charge is 0.352 e. The average Bonchev–Trinajstić information content (AvgIpc) is 2.64. The number of hydrogen-bond donors (Lipinski definition) is 0. The Hall–Kier alpha value is -0.720. The van der Waals surface area contributed by atoms with E-state index in [1.165, 1.54) is 12.1 Å². The quantitative estimate of drug-likeness (QED) is 0.724. The Morgan fingerprint density at radius 1 is 0.960 bits per heavy atom. The fourth-order valence-corrected chi connectivity index (χ4v) is 3.38. The molecule has 2 saturated heterocycles. The molecule has 0 N–H and O–H groups in total. The van der Waals surface area contributed by atoms with Crippen LogP contribution in [-0.4, -0.2) is 32.7 Å². The monoisotopic (exact) mass is 372 g/mol. The molecule has 1 aromatic rings. The van der Waals surface area contributed by atoms with E-state index in [0.29, 0.717) is 30.6 Å². The van der Waals surface area contributed by atoms with Crippen molar-refractivity contribution in [3.05, 3.63) is 34.6 Å². The van der Waals surface area contributed by atoms with Crippen molar-refractivity contribution >= 4 is 11.6 Å². The van der Waals surface area contributed by atoms with E-state index in [2.05, 4.69) is 6.92 Å². The fourth-order valence-electron chi connectivity index (χ4n) is 3.26. The molecule has 0 aromatic heterocycles. The van der Waals surface area contributed by atoms with E-state index in [4.69, 9.17) is 30.5 Å². The Morgan fingerprint density at radius 2 is 1.60 bits per heavy atom. The van der Waals surface area contributed by atoms with Gasteiger partial charge in [-0.25, -0.2) is 4.39 Å². The van der Waals surface area contributed by atoms with Crippen LogP contribution >= 0.6 is 11.6 Å². The molecule has 0 amide bonds. The molecule has 2 aliphatic rings. The molecular formula is C19H26ClFO4. The van der Waals surface area contributed by atoms with Crippen LogP contribution in [0.15, 0.2) is 18.2 Å². The Morgan fingerprint density at radius 3 is 2.24 bits per heavy atom. The second-order valence-electron chi connectivity index (χ2n) is 6.87. The maximum Gasteiger partial charge on any atom is 0.183 e. The molecule has 2 aliphatic heterocycles. The number of halogens is 2. The Balaban J connectivity index is 1.37. The number of ether oxygens (including phenoxy) is 4. The standard InChI is InChI=1S/C19H26ClFO4/c1-2-3-13-9-22-18(23-10-13)7-4-14-11-24-19(25-12-14)15-5-6-16(20)17(21)8-15/h5-6,8,13-14,18-19H,2-4,7,9-12H2,1H3. The number of benzene rings is 1. The normalized spacial score (nSPS) is 30.4. The van der Waals surface area contributed by atoms with Crippen LogP contribution in [0, 0.1) is 17.7 Å². The van der Waals surface area contributed by atoms with Gasteiger partial charge >= 0.3 is 0 Å². The molecule has 2 fully saturated rings. The first kappa shape index (κ1) is 19.1. The SMILES string of the molecule is CCCC1COC(CCC2COC(c3ccc(Cl)c(F)c3)OC2)OC1. The van der Waals surface area contributed by atoms with E-state index in [-0.39, 0.29) is 11.3 Å². The van der Waals surface area contributed by atoms with Crippen molar-refractivity contribution in [2.75, 3.05) is 26.4 Å². The molecule has 0 unspecified atom stereocenters. The lowest BCUT2D eigenvalue weighted by molar-refractivity contribution is -0.220. The van der Waals surface area contributed by atoms with Gasteiger partial charge in [-0.2, -0.15) is 0 Å². The first-order valence-corrected chi connectivity index (χ1v) is 9.44. The van der Waals surface area contributed by atoms with Crippen molar-refractivity contribution in [3.63, 3.8) is 0 Å². The van der Waals surface area contributed by atoms with Crippen LogP contribution in [0.5, 0.6) is 0 Å². The second kappa shape index (κ2) is 9.28. The van der Waals surface area contributed by atoms with Crippen LogP contribution in [0.4, 0.5) is 4.39 Å². The molecule has 25 heavy (non-hydrogen) atoms. The Kier molecular flexibility index (Phi) is 7.08.